The van der Waals surface area contributed by atoms with Crippen molar-refractivity contribution >= 4 is 18.3 Å². The van der Waals surface area contributed by atoms with E-state index in [1.54, 1.807) is 12.1 Å². The van der Waals surface area contributed by atoms with Gasteiger partial charge in [0.2, 0.25) is 5.91 Å². The Balaban J connectivity index is 0.00000176. The van der Waals surface area contributed by atoms with Crippen LogP contribution in [0, 0.1) is 11.8 Å². The zero-order valence-electron chi connectivity index (χ0n) is 12.8. The van der Waals surface area contributed by atoms with Crippen LogP contribution in [-0.2, 0) is 11.3 Å². The van der Waals surface area contributed by atoms with Crippen LogP contribution < -0.4 is 5.73 Å². The van der Waals surface area contributed by atoms with Crippen molar-refractivity contribution in [1.29, 1.82) is 0 Å². The maximum absolute atomic E-state index is 12.8. The molecule has 2 aliphatic rings. The fraction of sp³-hybridized carbons (Fsp3) is 0.588. The molecule has 1 aromatic rings. The predicted molar refractivity (Wildman–Crippen MR) is 88.8 cm³/mol. The number of benzene rings is 1. The van der Waals surface area contributed by atoms with Crippen LogP contribution in [0.5, 0.6) is 5.75 Å². The number of phenolic OH excluding ortho intramolecular Hbond substituents is 1. The van der Waals surface area contributed by atoms with Gasteiger partial charge in [0.05, 0.1) is 0 Å². The van der Waals surface area contributed by atoms with Crippen molar-refractivity contribution in [3.63, 3.8) is 0 Å². The van der Waals surface area contributed by atoms with Gasteiger partial charge in [-0.1, -0.05) is 12.1 Å². The molecule has 2 atom stereocenters. The number of hydrogen-bond acceptors (Lipinski definition) is 3. The first-order chi connectivity index (χ1) is 10.1. The molecule has 0 spiro atoms. The molecule has 22 heavy (non-hydrogen) atoms. The molecule has 2 aliphatic carbocycles. The van der Waals surface area contributed by atoms with E-state index in [1.807, 2.05) is 17.0 Å². The lowest BCUT2D eigenvalue weighted by Crippen LogP contribution is -2.37. The number of carbonyl (C=O) groups is 1. The normalized spacial score (nSPS) is 23.9. The van der Waals surface area contributed by atoms with E-state index in [4.69, 9.17) is 5.73 Å². The molecule has 0 radical (unpaired) electrons. The van der Waals surface area contributed by atoms with Gasteiger partial charge in [-0.2, -0.15) is 0 Å². The molecule has 0 bridgehead atoms. The highest BCUT2D eigenvalue weighted by Crippen LogP contribution is 2.33. The quantitative estimate of drug-likeness (QED) is 0.875. The topological polar surface area (TPSA) is 66.6 Å². The van der Waals surface area contributed by atoms with Crippen molar-refractivity contribution in [2.45, 2.75) is 44.7 Å². The van der Waals surface area contributed by atoms with Gasteiger partial charge in [-0.05, 0) is 55.7 Å². The summed E-state index contributed by atoms with van der Waals surface area (Å²) < 4.78 is 0. The summed E-state index contributed by atoms with van der Waals surface area (Å²) in [5.74, 6) is 1.27. The Morgan fingerprint density at radius 3 is 2.64 bits per heavy atom. The first-order valence-corrected chi connectivity index (χ1v) is 7.94. The lowest BCUT2D eigenvalue weighted by atomic mass is 10.1. The highest BCUT2D eigenvalue weighted by Gasteiger charge is 2.33. The van der Waals surface area contributed by atoms with Crippen molar-refractivity contribution in [3.05, 3.63) is 29.8 Å². The smallest absolute Gasteiger partial charge is 0.226 e. The molecule has 5 heteroatoms. The van der Waals surface area contributed by atoms with Crippen LogP contribution >= 0.6 is 12.4 Å². The van der Waals surface area contributed by atoms with E-state index >= 15 is 0 Å². The summed E-state index contributed by atoms with van der Waals surface area (Å²) in [4.78, 5) is 14.7. The standard InChI is InChI=1S/C17H24N2O2.ClH/c18-15-7-6-14(9-15)17(21)19(10-12-4-5-12)11-13-2-1-3-16(20)8-13;/h1-3,8,12,14-15,20H,4-7,9-11,18H2;1H. The third-order valence-corrected chi connectivity index (χ3v) is 4.59. The fourth-order valence-electron chi connectivity index (χ4n) is 3.22. The van der Waals surface area contributed by atoms with Gasteiger partial charge in [-0.3, -0.25) is 4.79 Å². The van der Waals surface area contributed by atoms with Crippen molar-refractivity contribution in [2.24, 2.45) is 17.6 Å². The number of nitrogens with two attached hydrogens (primary N) is 1. The molecule has 2 unspecified atom stereocenters. The number of carbonyl (C=O) groups excluding carboxylic acids is 1. The minimum atomic E-state index is 0. The van der Waals surface area contributed by atoms with Gasteiger partial charge in [0.15, 0.2) is 0 Å². The van der Waals surface area contributed by atoms with E-state index in [2.05, 4.69) is 0 Å². The maximum Gasteiger partial charge on any atom is 0.226 e. The summed E-state index contributed by atoms with van der Waals surface area (Å²) in [6, 6.07) is 7.38. The number of halogens is 1. The Labute approximate surface area is 138 Å². The number of amides is 1. The number of hydrogen-bond donors (Lipinski definition) is 2. The average Bonchev–Trinajstić information content (AvgIpc) is 3.16. The molecule has 0 aromatic heterocycles. The van der Waals surface area contributed by atoms with Crippen molar-refractivity contribution in [1.82, 2.24) is 4.90 Å². The first-order valence-electron chi connectivity index (χ1n) is 7.94. The molecule has 0 saturated heterocycles. The third-order valence-electron chi connectivity index (χ3n) is 4.59. The average molecular weight is 325 g/mol. The zero-order chi connectivity index (χ0) is 14.8. The summed E-state index contributed by atoms with van der Waals surface area (Å²) in [5.41, 5.74) is 6.94. The minimum absolute atomic E-state index is 0. The molecule has 1 aromatic carbocycles. The van der Waals surface area contributed by atoms with Gasteiger partial charge in [0.1, 0.15) is 5.75 Å². The van der Waals surface area contributed by atoms with Crippen LogP contribution in [0.15, 0.2) is 24.3 Å². The van der Waals surface area contributed by atoms with Crippen molar-refractivity contribution in [2.75, 3.05) is 6.54 Å². The van der Waals surface area contributed by atoms with Gasteiger partial charge in [0.25, 0.3) is 0 Å². The van der Waals surface area contributed by atoms with E-state index in [0.717, 1.165) is 31.4 Å². The largest absolute Gasteiger partial charge is 0.508 e. The Kier molecular flexibility index (Phi) is 5.70. The molecule has 2 fully saturated rings. The molecule has 3 rings (SSSR count). The van der Waals surface area contributed by atoms with Crippen LogP contribution in [0.2, 0.25) is 0 Å². The van der Waals surface area contributed by atoms with Crippen LogP contribution in [0.3, 0.4) is 0 Å². The van der Waals surface area contributed by atoms with Gasteiger partial charge in [0, 0.05) is 25.0 Å². The SMILES string of the molecule is Cl.NC1CCC(C(=O)N(Cc2cccc(O)c2)CC2CC2)C1. The molecule has 2 saturated carbocycles. The van der Waals surface area contributed by atoms with Crippen LogP contribution in [-0.4, -0.2) is 28.5 Å². The molecular weight excluding hydrogens is 300 g/mol. The van der Waals surface area contributed by atoms with E-state index in [0.29, 0.717) is 12.5 Å². The van der Waals surface area contributed by atoms with Crippen LogP contribution in [0.4, 0.5) is 0 Å². The number of phenols is 1. The zero-order valence-corrected chi connectivity index (χ0v) is 13.6. The highest BCUT2D eigenvalue weighted by atomic mass is 35.5. The lowest BCUT2D eigenvalue weighted by Gasteiger charge is -2.26. The number of rotatable bonds is 5. The summed E-state index contributed by atoms with van der Waals surface area (Å²) in [5, 5.41) is 9.59. The van der Waals surface area contributed by atoms with Gasteiger partial charge in [-0.15, -0.1) is 12.4 Å². The number of nitrogens with zero attached hydrogens (tertiary/aromatic N) is 1. The summed E-state index contributed by atoms with van der Waals surface area (Å²) in [7, 11) is 0. The Morgan fingerprint density at radius 1 is 1.27 bits per heavy atom. The molecule has 4 nitrogen and oxygen atoms in total. The van der Waals surface area contributed by atoms with E-state index in [9.17, 15) is 9.90 Å². The van der Waals surface area contributed by atoms with E-state index < -0.39 is 0 Å². The Morgan fingerprint density at radius 2 is 2.05 bits per heavy atom. The third kappa shape index (κ3) is 4.37. The maximum atomic E-state index is 12.8. The first kappa shape index (κ1) is 17.1. The van der Waals surface area contributed by atoms with E-state index in [-0.39, 0.29) is 36.0 Å². The van der Waals surface area contributed by atoms with Gasteiger partial charge >= 0.3 is 0 Å². The molecule has 1 amide bonds. The second-order valence-corrected chi connectivity index (χ2v) is 6.60. The molecule has 0 heterocycles. The molecule has 0 aliphatic heterocycles. The fourth-order valence-corrected chi connectivity index (χ4v) is 3.22. The summed E-state index contributed by atoms with van der Waals surface area (Å²) in [6.45, 7) is 1.44. The van der Waals surface area contributed by atoms with Gasteiger partial charge < -0.3 is 15.7 Å². The second kappa shape index (κ2) is 7.34. The Bertz CT molecular complexity index is 519. The highest BCUT2D eigenvalue weighted by molar-refractivity contribution is 5.85. The van der Waals surface area contributed by atoms with Crippen molar-refractivity contribution in [3.8, 4) is 5.75 Å². The molecular formula is C17H25ClN2O2. The Hall–Kier alpha value is -1.26. The summed E-state index contributed by atoms with van der Waals surface area (Å²) in [6.07, 6.45) is 5.16. The van der Waals surface area contributed by atoms with Crippen molar-refractivity contribution < 1.29 is 9.90 Å². The summed E-state index contributed by atoms with van der Waals surface area (Å²) >= 11 is 0. The molecule has 122 valence electrons. The number of aromatic hydroxyl groups is 1. The predicted octanol–water partition coefficient (Wildman–Crippen LogP) is 2.68. The monoisotopic (exact) mass is 324 g/mol. The van der Waals surface area contributed by atoms with Gasteiger partial charge in [-0.25, -0.2) is 0 Å². The van der Waals surface area contributed by atoms with Crippen LogP contribution in [0.1, 0.15) is 37.7 Å². The van der Waals surface area contributed by atoms with Crippen LogP contribution in [0.25, 0.3) is 0 Å². The van der Waals surface area contributed by atoms with E-state index in [1.165, 1.54) is 12.8 Å². The lowest BCUT2D eigenvalue weighted by molar-refractivity contribution is -0.136. The molecule has 3 N–H and O–H groups in total. The second-order valence-electron chi connectivity index (χ2n) is 6.60. The minimum Gasteiger partial charge on any atom is -0.508 e.